The Bertz CT molecular complexity index is 517. The lowest BCUT2D eigenvalue weighted by molar-refractivity contribution is -0.132. The fourth-order valence-electron chi connectivity index (χ4n) is 3.43. The van der Waals surface area contributed by atoms with E-state index < -0.39 is 0 Å². The van der Waals surface area contributed by atoms with E-state index >= 15 is 0 Å². The van der Waals surface area contributed by atoms with E-state index in [1.807, 2.05) is 24.1 Å². The van der Waals surface area contributed by atoms with Crippen LogP contribution in [0.15, 0.2) is 28.7 Å². The zero-order valence-corrected chi connectivity index (χ0v) is 14.7. The number of hydrogen-bond acceptors (Lipinski definition) is 2. The van der Waals surface area contributed by atoms with E-state index in [2.05, 4.69) is 33.4 Å². The number of amides is 1. The minimum atomic E-state index is 0. The molecule has 1 unspecified atom stereocenters. The highest BCUT2D eigenvalue weighted by Crippen LogP contribution is 2.59. The van der Waals surface area contributed by atoms with Gasteiger partial charge in [-0.05, 0) is 55.5 Å². The standard InChI is InChI=1S/C16H21BrN2O.ClH/c1-19(11-12-3-2-4-13(17)9-12)15(20)14-10-16(14)5-7-18-8-6-16;/h2-4,9,14,18H,5-8,10-11H2,1H3;1H. The normalized spacial score (nSPS) is 22.5. The topological polar surface area (TPSA) is 32.3 Å². The van der Waals surface area contributed by atoms with Gasteiger partial charge in [-0.2, -0.15) is 0 Å². The molecule has 2 fully saturated rings. The monoisotopic (exact) mass is 372 g/mol. The first-order chi connectivity index (χ1) is 9.61. The summed E-state index contributed by atoms with van der Waals surface area (Å²) in [5, 5.41) is 3.39. The van der Waals surface area contributed by atoms with Crippen LogP contribution in [-0.4, -0.2) is 30.9 Å². The molecule has 1 saturated heterocycles. The predicted octanol–water partition coefficient (Wildman–Crippen LogP) is 3.22. The molecular weight excluding hydrogens is 352 g/mol. The average molecular weight is 374 g/mol. The molecule has 0 bridgehead atoms. The zero-order valence-electron chi connectivity index (χ0n) is 12.3. The number of halogens is 2. The summed E-state index contributed by atoms with van der Waals surface area (Å²) < 4.78 is 1.07. The zero-order chi connectivity index (χ0) is 14.2. The van der Waals surface area contributed by atoms with Gasteiger partial charge in [0.05, 0.1) is 0 Å². The summed E-state index contributed by atoms with van der Waals surface area (Å²) in [4.78, 5) is 14.5. The summed E-state index contributed by atoms with van der Waals surface area (Å²) >= 11 is 3.48. The van der Waals surface area contributed by atoms with Crippen LogP contribution in [0.2, 0.25) is 0 Å². The molecule has 21 heavy (non-hydrogen) atoms. The lowest BCUT2D eigenvalue weighted by atomic mass is 9.91. The summed E-state index contributed by atoms with van der Waals surface area (Å²) in [6, 6.07) is 8.18. The highest BCUT2D eigenvalue weighted by atomic mass is 79.9. The molecule has 1 atom stereocenters. The van der Waals surface area contributed by atoms with Crippen molar-refractivity contribution in [1.29, 1.82) is 0 Å². The van der Waals surface area contributed by atoms with Crippen LogP contribution in [-0.2, 0) is 11.3 Å². The molecule has 0 aromatic heterocycles. The van der Waals surface area contributed by atoms with E-state index in [-0.39, 0.29) is 18.3 Å². The number of carbonyl (C=O) groups is 1. The first-order valence-corrected chi connectivity index (χ1v) is 8.10. The van der Waals surface area contributed by atoms with Crippen LogP contribution >= 0.6 is 28.3 Å². The molecule has 1 heterocycles. The van der Waals surface area contributed by atoms with Gasteiger partial charge in [0.15, 0.2) is 0 Å². The number of piperidine rings is 1. The van der Waals surface area contributed by atoms with Gasteiger partial charge < -0.3 is 10.2 Å². The molecule has 1 aromatic rings. The van der Waals surface area contributed by atoms with Crippen molar-refractivity contribution in [2.24, 2.45) is 11.3 Å². The summed E-state index contributed by atoms with van der Waals surface area (Å²) in [6.45, 7) is 2.83. The number of nitrogens with one attached hydrogen (secondary N) is 1. The van der Waals surface area contributed by atoms with Crippen molar-refractivity contribution in [3.05, 3.63) is 34.3 Å². The average Bonchev–Trinajstić information content (AvgIpc) is 3.12. The molecule has 1 N–H and O–H groups in total. The third-order valence-electron chi connectivity index (χ3n) is 4.77. The summed E-state index contributed by atoms with van der Waals surface area (Å²) in [5.74, 6) is 0.591. The lowest BCUT2D eigenvalue weighted by Gasteiger charge is -2.25. The molecule has 0 radical (unpaired) electrons. The summed E-state index contributed by atoms with van der Waals surface area (Å²) in [6.07, 6.45) is 3.42. The van der Waals surface area contributed by atoms with Crippen molar-refractivity contribution in [2.45, 2.75) is 25.8 Å². The number of nitrogens with zero attached hydrogens (tertiary/aromatic N) is 1. The minimum absolute atomic E-state index is 0. The van der Waals surface area contributed by atoms with E-state index in [4.69, 9.17) is 0 Å². The highest BCUT2D eigenvalue weighted by molar-refractivity contribution is 9.10. The summed E-state index contributed by atoms with van der Waals surface area (Å²) in [7, 11) is 1.93. The summed E-state index contributed by atoms with van der Waals surface area (Å²) in [5.41, 5.74) is 1.50. The molecule has 5 heteroatoms. The van der Waals surface area contributed by atoms with E-state index in [1.165, 1.54) is 5.56 Å². The number of benzene rings is 1. The van der Waals surface area contributed by atoms with Crippen molar-refractivity contribution >= 4 is 34.2 Å². The van der Waals surface area contributed by atoms with Crippen molar-refractivity contribution < 1.29 is 4.79 Å². The third-order valence-corrected chi connectivity index (χ3v) is 5.27. The van der Waals surface area contributed by atoms with Crippen molar-refractivity contribution in [1.82, 2.24) is 10.2 Å². The van der Waals surface area contributed by atoms with Crippen molar-refractivity contribution in [2.75, 3.05) is 20.1 Å². The minimum Gasteiger partial charge on any atom is -0.341 e. The maximum Gasteiger partial charge on any atom is 0.226 e. The predicted molar refractivity (Wildman–Crippen MR) is 90.5 cm³/mol. The third kappa shape index (κ3) is 3.61. The Kier molecular flexibility index (Phi) is 5.33. The van der Waals surface area contributed by atoms with Crippen molar-refractivity contribution in [3.63, 3.8) is 0 Å². The van der Waals surface area contributed by atoms with Gasteiger partial charge >= 0.3 is 0 Å². The first kappa shape index (κ1) is 16.8. The quantitative estimate of drug-likeness (QED) is 0.882. The number of rotatable bonds is 3. The fraction of sp³-hybridized carbons (Fsp3) is 0.562. The Morgan fingerprint density at radius 3 is 2.81 bits per heavy atom. The second-order valence-electron chi connectivity index (χ2n) is 6.19. The van der Waals surface area contributed by atoms with Gasteiger partial charge in [0.2, 0.25) is 5.91 Å². The molecule has 1 aliphatic heterocycles. The largest absolute Gasteiger partial charge is 0.341 e. The molecule has 2 aliphatic rings. The van der Waals surface area contributed by atoms with Gasteiger partial charge in [0.25, 0.3) is 0 Å². The van der Waals surface area contributed by atoms with Gasteiger partial charge in [0.1, 0.15) is 0 Å². The van der Waals surface area contributed by atoms with E-state index in [0.29, 0.717) is 17.9 Å². The molecule has 1 aromatic carbocycles. The maximum atomic E-state index is 12.6. The number of hydrogen-bond donors (Lipinski definition) is 1. The van der Waals surface area contributed by atoms with Crippen LogP contribution < -0.4 is 5.32 Å². The Morgan fingerprint density at radius 2 is 2.14 bits per heavy atom. The van der Waals surface area contributed by atoms with Crippen LogP contribution in [0.4, 0.5) is 0 Å². The van der Waals surface area contributed by atoms with Gasteiger partial charge in [0, 0.05) is 24.0 Å². The van der Waals surface area contributed by atoms with Crippen LogP contribution in [0, 0.1) is 11.3 Å². The number of carbonyl (C=O) groups excluding carboxylic acids is 1. The van der Waals surface area contributed by atoms with Gasteiger partial charge in [-0.1, -0.05) is 28.1 Å². The Balaban J connectivity index is 0.00000161. The molecule has 1 spiro atoms. The van der Waals surface area contributed by atoms with Crippen molar-refractivity contribution in [3.8, 4) is 0 Å². The molecule has 1 amide bonds. The smallest absolute Gasteiger partial charge is 0.226 e. The van der Waals surface area contributed by atoms with Crippen LogP contribution in [0.5, 0.6) is 0 Å². The van der Waals surface area contributed by atoms with Gasteiger partial charge in [-0.25, -0.2) is 0 Å². The van der Waals surface area contributed by atoms with Gasteiger partial charge in [-0.3, -0.25) is 4.79 Å². The van der Waals surface area contributed by atoms with Crippen LogP contribution in [0.1, 0.15) is 24.8 Å². The molecular formula is C16H22BrClN2O. The molecule has 1 aliphatic carbocycles. The molecule has 3 nitrogen and oxygen atoms in total. The highest BCUT2D eigenvalue weighted by Gasteiger charge is 2.58. The van der Waals surface area contributed by atoms with Gasteiger partial charge in [-0.15, -0.1) is 12.4 Å². The Labute approximate surface area is 141 Å². The van der Waals surface area contributed by atoms with E-state index in [1.54, 1.807) is 0 Å². The fourth-order valence-corrected chi connectivity index (χ4v) is 3.87. The molecule has 1 saturated carbocycles. The Morgan fingerprint density at radius 1 is 1.43 bits per heavy atom. The Hall–Kier alpha value is -0.580. The molecule has 3 rings (SSSR count). The molecule has 116 valence electrons. The van der Waals surface area contributed by atoms with Crippen LogP contribution in [0.3, 0.4) is 0 Å². The van der Waals surface area contributed by atoms with E-state index in [9.17, 15) is 4.79 Å². The second-order valence-corrected chi connectivity index (χ2v) is 7.11. The van der Waals surface area contributed by atoms with Crippen LogP contribution in [0.25, 0.3) is 0 Å². The SMILES string of the molecule is CN(Cc1cccc(Br)c1)C(=O)C1CC12CCNCC2.Cl. The maximum absolute atomic E-state index is 12.6. The first-order valence-electron chi connectivity index (χ1n) is 7.31. The second kappa shape index (κ2) is 6.67. The van der Waals surface area contributed by atoms with E-state index in [0.717, 1.165) is 36.8 Å². The lowest BCUT2D eigenvalue weighted by Crippen LogP contribution is -2.34.